The summed E-state index contributed by atoms with van der Waals surface area (Å²) in [5.74, 6) is 0.197. The molecular formula is C18H16N4O4. The molecule has 1 fully saturated rings. The maximum absolute atomic E-state index is 12.0. The number of nitro groups is 1. The van der Waals surface area contributed by atoms with Gasteiger partial charge in [0, 0.05) is 30.4 Å². The summed E-state index contributed by atoms with van der Waals surface area (Å²) < 4.78 is 7.29. The van der Waals surface area contributed by atoms with Gasteiger partial charge in [-0.3, -0.25) is 15.1 Å². The van der Waals surface area contributed by atoms with Gasteiger partial charge in [-0.15, -0.1) is 0 Å². The molecule has 132 valence electrons. The Labute approximate surface area is 148 Å². The van der Waals surface area contributed by atoms with Crippen LogP contribution in [-0.4, -0.2) is 31.9 Å². The molecule has 0 bridgehead atoms. The number of carbonyl (C=O) groups is 1. The van der Waals surface area contributed by atoms with E-state index in [0.717, 1.165) is 24.1 Å². The molecule has 1 aromatic carbocycles. The molecule has 0 saturated heterocycles. The predicted octanol–water partition coefficient (Wildman–Crippen LogP) is 2.99. The van der Waals surface area contributed by atoms with Crippen LogP contribution in [0.3, 0.4) is 0 Å². The summed E-state index contributed by atoms with van der Waals surface area (Å²) in [5.41, 5.74) is 2.32. The topological polar surface area (TPSA) is 99.6 Å². The third-order valence-corrected chi connectivity index (χ3v) is 4.76. The average Bonchev–Trinajstić information content (AvgIpc) is 3.04. The fourth-order valence-electron chi connectivity index (χ4n) is 3.27. The van der Waals surface area contributed by atoms with Crippen molar-refractivity contribution in [3.63, 3.8) is 0 Å². The smallest absolute Gasteiger partial charge is 0.338 e. The van der Waals surface area contributed by atoms with Crippen molar-refractivity contribution in [2.75, 3.05) is 6.61 Å². The number of nitro benzene ring substituents is 1. The van der Waals surface area contributed by atoms with E-state index in [2.05, 4.69) is 9.97 Å². The Morgan fingerprint density at radius 3 is 2.81 bits per heavy atom. The van der Waals surface area contributed by atoms with Crippen molar-refractivity contribution in [2.24, 2.45) is 5.92 Å². The summed E-state index contributed by atoms with van der Waals surface area (Å²) in [5, 5.41) is 10.6. The summed E-state index contributed by atoms with van der Waals surface area (Å²) in [6.07, 6.45) is 9.01. The van der Waals surface area contributed by atoms with E-state index in [4.69, 9.17) is 4.74 Å². The zero-order valence-corrected chi connectivity index (χ0v) is 13.8. The largest absolute Gasteiger partial charge is 0.462 e. The maximum atomic E-state index is 12.0. The monoisotopic (exact) mass is 352 g/mol. The lowest BCUT2D eigenvalue weighted by Gasteiger charge is -2.33. The summed E-state index contributed by atoms with van der Waals surface area (Å²) in [6, 6.07) is 5.42. The van der Waals surface area contributed by atoms with Crippen LogP contribution in [0.4, 0.5) is 5.69 Å². The lowest BCUT2D eigenvalue weighted by atomic mass is 9.73. The Hall–Kier alpha value is -3.29. The van der Waals surface area contributed by atoms with Crippen LogP contribution in [0.15, 0.2) is 49.2 Å². The van der Waals surface area contributed by atoms with Crippen molar-refractivity contribution in [2.45, 2.75) is 18.8 Å². The Morgan fingerprint density at radius 2 is 2.08 bits per heavy atom. The molecule has 0 amide bonds. The number of ether oxygens (including phenoxy) is 1. The van der Waals surface area contributed by atoms with E-state index < -0.39 is 10.9 Å². The summed E-state index contributed by atoms with van der Waals surface area (Å²) in [4.78, 5) is 30.8. The van der Waals surface area contributed by atoms with Crippen LogP contribution in [0.25, 0.3) is 5.52 Å². The highest BCUT2D eigenvalue weighted by atomic mass is 16.6. The molecule has 0 aliphatic heterocycles. The third kappa shape index (κ3) is 3.01. The van der Waals surface area contributed by atoms with Crippen LogP contribution in [0.5, 0.6) is 0 Å². The van der Waals surface area contributed by atoms with Crippen LogP contribution in [0, 0.1) is 16.0 Å². The zero-order chi connectivity index (χ0) is 18.1. The van der Waals surface area contributed by atoms with Gasteiger partial charge in [-0.25, -0.2) is 9.78 Å². The van der Waals surface area contributed by atoms with Gasteiger partial charge in [0.15, 0.2) is 0 Å². The summed E-state index contributed by atoms with van der Waals surface area (Å²) in [7, 11) is 0. The van der Waals surface area contributed by atoms with E-state index in [-0.39, 0.29) is 5.69 Å². The van der Waals surface area contributed by atoms with Gasteiger partial charge in [0.25, 0.3) is 5.69 Å². The Kier molecular flexibility index (Phi) is 4.08. The first-order valence-electron chi connectivity index (χ1n) is 8.30. The van der Waals surface area contributed by atoms with E-state index in [1.165, 1.54) is 24.3 Å². The van der Waals surface area contributed by atoms with Crippen LogP contribution in [0.2, 0.25) is 0 Å². The Balaban J connectivity index is 1.30. The number of rotatable bonds is 5. The zero-order valence-electron chi connectivity index (χ0n) is 13.8. The number of carbonyl (C=O) groups excluding carboxylic acids is 1. The van der Waals surface area contributed by atoms with Crippen molar-refractivity contribution >= 4 is 17.2 Å². The van der Waals surface area contributed by atoms with Gasteiger partial charge in [-0.05, 0) is 30.9 Å². The molecule has 2 aromatic heterocycles. The lowest BCUT2D eigenvalue weighted by molar-refractivity contribution is -0.384. The second-order valence-corrected chi connectivity index (χ2v) is 6.44. The standard InChI is InChI=1S/C18H16N4O4/c23-18(13-1-3-15(4-2-13)22(24)25)26-10-12-7-14(8-12)17-16-9-19-5-6-21(16)11-20-17/h1-6,9,11-12,14H,7-8,10H2. The van der Waals surface area contributed by atoms with Crippen molar-refractivity contribution in [1.29, 1.82) is 0 Å². The summed E-state index contributed by atoms with van der Waals surface area (Å²) in [6.45, 7) is 0.344. The van der Waals surface area contributed by atoms with Gasteiger partial charge in [-0.1, -0.05) is 0 Å². The van der Waals surface area contributed by atoms with Gasteiger partial charge in [0.05, 0.1) is 40.8 Å². The fourth-order valence-corrected chi connectivity index (χ4v) is 3.27. The third-order valence-electron chi connectivity index (χ3n) is 4.76. The molecule has 1 aliphatic carbocycles. The molecule has 0 N–H and O–H groups in total. The van der Waals surface area contributed by atoms with Gasteiger partial charge in [0.2, 0.25) is 0 Å². The van der Waals surface area contributed by atoms with Gasteiger partial charge >= 0.3 is 5.97 Å². The van der Waals surface area contributed by atoms with E-state index in [0.29, 0.717) is 24.0 Å². The highest BCUT2D eigenvalue weighted by molar-refractivity contribution is 5.89. The Bertz CT molecular complexity index is 961. The number of fused-ring (bicyclic) bond motifs is 1. The molecule has 8 nitrogen and oxygen atoms in total. The quantitative estimate of drug-likeness (QED) is 0.397. The SMILES string of the molecule is O=C(OCC1CC(c2ncn3ccncc23)C1)c1ccc([N+](=O)[O-])cc1. The van der Waals surface area contributed by atoms with Gasteiger partial charge in [0.1, 0.15) is 0 Å². The lowest BCUT2D eigenvalue weighted by Crippen LogP contribution is -2.27. The highest BCUT2D eigenvalue weighted by Gasteiger charge is 2.33. The molecule has 1 aliphatic rings. The molecule has 26 heavy (non-hydrogen) atoms. The second-order valence-electron chi connectivity index (χ2n) is 6.44. The van der Waals surface area contributed by atoms with Gasteiger partial charge < -0.3 is 9.14 Å². The molecule has 1 saturated carbocycles. The molecule has 0 spiro atoms. The molecule has 0 radical (unpaired) electrons. The Morgan fingerprint density at radius 1 is 1.31 bits per heavy atom. The maximum Gasteiger partial charge on any atom is 0.338 e. The number of esters is 1. The van der Waals surface area contributed by atoms with Crippen molar-refractivity contribution in [3.05, 3.63) is 70.6 Å². The molecule has 0 atom stereocenters. The van der Waals surface area contributed by atoms with E-state index in [9.17, 15) is 14.9 Å². The number of imidazole rings is 1. The molecular weight excluding hydrogens is 336 g/mol. The number of nitrogens with zero attached hydrogens (tertiary/aromatic N) is 4. The number of aromatic nitrogens is 3. The van der Waals surface area contributed by atoms with Crippen LogP contribution in [-0.2, 0) is 4.74 Å². The predicted molar refractivity (Wildman–Crippen MR) is 91.8 cm³/mol. The van der Waals surface area contributed by atoms with Crippen molar-refractivity contribution < 1.29 is 14.5 Å². The van der Waals surface area contributed by atoms with Crippen LogP contribution < -0.4 is 0 Å². The molecule has 3 aromatic rings. The molecule has 2 heterocycles. The summed E-state index contributed by atoms with van der Waals surface area (Å²) >= 11 is 0. The van der Waals surface area contributed by atoms with E-state index >= 15 is 0 Å². The van der Waals surface area contributed by atoms with E-state index in [1.807, 2.05) is 16.8 Å². The number of benzene rings is 1. The van der Waals surface area contributed by atoms with Gasteiger partial charge in [-0.2, -0.15) is 0 Å². The normalized spacial score (nSPS) is 19.1. The minimum absolute atomic E-state index is 0.0508. The van der Waals surface area contributed by atoms with E-state index in [1.54, 1.807) is 12.5 Å². The minimum Gasteiger partial charge on any atom is -0.462 e. The minimum atomic E-state index is -0.501. The fraction of sp³-hybridized carbons (Fsp3) is 0.278. The number of hydrogen-bond acceptors (Lipinski definition) is 6. The molecule has 0 unspecified atom stereocenters. The van der Waals surface area contributed by atoms with Crippen LogP contribution >= 0.6 is 0 Å². The average molecular weight is 352 g/mol. The number of non-ortho nitro benzene ring substituents is 1. The second kappa shape index (κ2) is 6.55. The number of hydrogen-bond donors (Lipinski definition) is 0. The first-order chi connectivity index (χ1) is 12.6. The first-order valence-corrected chi connectivity index (χ1v) is 8.30. The first kappa shape index (κ1) is 16.2. The van der Waals surface area contributed by atoms with Crippen molar-refractivity contribution in [3.8, 4) is 0 Å². The molecule has 4 rings (SSSR count). The molecule has 8 heteroatoms. The highest BCUT2D eigenvalue weighted by Crippen LogP contribution is 2.42. The van der Waals surface area contributed by atoms with Crippen molar-refractivity contribution in [1.82, 2.24) is 14.4 Å². The van der Waals surface area contributed by atoms with Crippen LogP contribution in [0.1, 0.15) is 34.8 Å².